The highest BCUT2D eigenvalue weighted by atomic mass is 16.2. The number of carbonyl (C=O) groups is 1. The topological polar surface area (TPSA) is 26.8 Å². The van der Waals surface area contributed by atoms with Crippen molar-refractivity contribution in [2.75, 3.05) is 18.5 Å². The van der Waals surface area contributed by atoms with E-state index in [1.165, 1.54) is 22.4 Å². The number of carbonyl (C=O) groups excluding carboxylic acids is 1. The lowest BCUT2D eigenvalue weighted by Gasteiger charge is -2.34. The quantitative estimate of drug-likeness (QED) is 0.598. The molecule has 0 aliphatic carbocycles. The molecule has 1 atom stereocenters. The lowest BCUT2D eigenvalue weighted by atomic mass is 10.0. The van der Waals surface area contributed by atoms with Crippen molar-refractivity contribution in [3.63, 3.8) is 0 Å². The van der Waals surface area contributed by atoms with Crippen LogP contribution in [0, 0.1) is 6.92 Å². The van der Waals surface area contributed by atoms with Gasteiger partial charge in [-0.3, -0.25) is 9.69 Å². The van der Waals surface area contributed by atoms with Crippen LogP contribution in [0.1, 0.15) is 64.4 Å². The molecule has 1 aliphatic heterocycles. The van der Waals surface area contributed by atoms with Gasteiger partial charge in [-0.1, -0.05) is 42.0 Å². The van der Waals surface area contributed by atoms with Gasteiger partial charge in [-0.25, -0.2) is 0 Å². The predicted molar refractivity (Wildman–Crippen MR) is 130 cm³/mol. The van der Waals surface area contributed by atoms with Gasteiger partial charge in [0.2, 0.25) is 5.91 Å². The van der Waals surface area contributed by atoms with Crippen molar-refractivity contribution in [2.45, 2.75) is 78.7 Å². The molecule has 31 heavy (non-hydrogen) atoms. The number of hydrogen-bond acceptors (Lipinski definition) is 3. The lowest BCUT2D eigenvalue weighted by molar-refractivity contribution is -0.132. The summed E-state index contributed by atoms with van der Waals surface area (Å²) in [6.45, 7) is 15.8. The summed E-state index contributed by atoms with van der Waals surface area (Å²) in [7, 11) is 2.07. The number of amides is 1. The maximum absolute atomic E-state index is 13.3. The number of hydrogen-bond donors (Lipinski definition) is 0. The molecule has 0 bridgehead atoms. The van der Waals surface area contributed by atoms with Crippen molar-refractivity contribution in [3.8, 4) is 0 Å². The number of nitrogens with zero attached hydrogens (tertiary/aromatic N) is 3. The fraction of sp³-hybridized carbons (Fsp3) is 0.519. The van der Waals surface area contributed by atoms with Gasteiger partial charge in [0, 0.05) is 24.3 Å². The predicted octanol–water partition coefficient (Wildman–Crippen LogP) is 5.41. The van der Waals surface area contributed by atoms with Crippen LogP contribution >= 0.6 is 0 Å². The summed E-state index contributed by atoms with van der Waals surface area (Å²) in [6, 6.07) is 18.3. The highest BCUT2D eigenvalue weighted by molar-refractivity contribution is 5.88. The number of rotatable bonds is 7. The monoisotopic (exact) mass is 421 g/mol. The molecule has 4 heteroatoms. The van der Waals surface area contributed by atoms with Crippen LogP contribution in [-0.2, 0) is 11.2 Å². The smallest absolute Gasteiger partial charge is 0.244 e. The summed E-state index contributed by atoms with van der Waals surface area (Å²) >= 11 is 0. The van der Waals surface area contributed by atoms with E-state index in [0.29, 0.717) is 18.6 Å². The Labute approximate surface area is 188 Å². The van der Waals surface area contributed by atoms with Crippen molar-refractivity contribution < 1.29 is 4.79 Å². The lowest BCUT2D eigenvalue weighted by Crippen LogP contribution is -2.41. The second-order valence-electron chi connectivity index (χ2n) is 9.96. The Kier molecular flexibility index (Phi) is 6.80. The second kappa shape index (κ2) is 9.04. The third kappa shape index (κ3) is 4.64. The van der Waals surface area contributed by atoms with Crippen molar-refractivity contribution in [2.24, 2.45) is 0 Å². The molecule has 0 spiro atoms. The van der Waals surface area contributed by atoms with E-state index < -0.39 is 5.54 Å². The summed E-state index contributed by atoms with van der Waals surface area (Å²) in [5.41, 5.74) is 4.41. The van der Waals surface area contributed by atoms with E-state index in [1.807, 2.05) is 13.8 Å². The molecule has 0 radical (unpaired) electrons. The molecule has 3 rings (SSSR count). The summed E-state index contributed by atoms with van der Waals surface area (Å²) in [5, 5.41) is 0. The Morgan fingerprint density at radius 2 is 1.48 bits per heavy atom. The van der Waals surface area contributed by atoms with Gasteiger partial charge >= 0.3 is 0 Å². The van der Waals surface area contributed by atoms with Crippen LogP contribution in [0.5, 0.6) is 0 Å². The van der Waals surface area contributed by atoms with Crippen molar-refractivity contribution >= 4 is 11.6 Å². The van der Waals surface area contributed by atoms with Gasteiger partial charge in [-0.05, 0) is 85.2 Å². The minimum atomic E-state index is -0.515. The van der Waals surface area contributed by atoms with Gasteiger partial charge in [-0.2, -0.15) is 0 Å². The van der Waals surface area contributed by atoms with Crippen LogP contribution in [0.3, 0.4) is 0 Å². The molecule has 0 N–H and O–H groups in total. The summed E-state index contributed by atoms with van der Waals surface area (Å²) < 4.78 is 0. The first-order valence-electron chi connectivity index (χ1n) is 11.5. The van der Waals surface area contributed by atoms with Crippen LogP contribution in [0.2, 0.25) is 0 Å². The SMILES string of the molecule is Cc1ccc(CCN2C(=O)C(C)(C)N(C)C2c2ccc(N(C(C)C)C(C)C)cc2)cc1. The molecule has 1 fully saturated rings. The molecule has 0 saturated carbocycles. The van der Waals surface area contributed by atoms with Crippen LogP contribution in [-0.4, -0.2) is 46.9 Å². The van der Waals surface area contributed by atoms with E-state index >= 15 is 0 Å². The van der Waals surface area contributed by atoms with E-state index in [-0.39, 0.29) is 12.1 Å². The molecule has 1 heterocycles. The maximum Gasteiger partial charge on any atom is 0.244 e. The minimum Gasteiger partial charge on any atom is -0.367 e. The Morgan fingerprint density at radius 1 is 0.935 bits per heavy atom. The zero-order valence-corrected chi connectivity index (χ0v) is 20.5. The molecule has 4 nitrogen and oxygen atoms in total. The van der Waals surface area contributed by atoms with Crippen molar-refractivity contribution in [3.05, 3.63) is 65.2 Å². The average Bonchev–Trinajstić information content (AvgIpc) is 2.87. The van der Waals surface area contributed by atoms with Crippen LogP contribution in [0.15, 0.2) is 48.5 Å². The zero-order valence-electron chi connectivity index (χ0n) is 20.5. The number of anilines is 1. The fourth-order valence-corrected chi connectivity index (χ4v) is 4.77. The normalized spacial score (nSPS) is 19.0. The molecule has 2 aromatic carbocycles. The second-order valence-corrected chi connectivity index (χ2v) is 9.96. The molecule has 1 unspecified atom stereocenters. The zero-order chi connectivity index (χ0) is 22.9. The van der Waals surface area contributed by atoms with E-state index in [4.69, 9.17) is 0 Å². The third-order valence-electron chi connectivity index (χ3n) is 6.69. The first kappa shape index (κ1) is 23.3. The van der Waals surface area contributed by atoms with Crippen LogP contribution < -0.4 is 4.90 Å². The van der Waals surface area contributed by atoms with Crippen LogP contribution in [0.4, 0.5) is 5.69 Å². The maximum atomic E-state index is 13.3. The van der Waals surface area contributed by atoms with Crippen molar-refractivity contribution in [1.82, 2.24) is 9.80 Å². The fourth-order valence-electron chi connectivity index (χ4n) is 4.77. The van der Waals surface area contributed by atoms with Gasteiger partial charge in [0.15, 0.2) is 0 Å². The highest BCUT2D eigenvalue weighted by Gasteiger charge is 2.49. The first-order chi connectivity index (χ1) is 14.5. The first-order valence-corrected chi connectivity index (χ1v) is 11.5. The highest BCUT2D eigenvalue weighted by Crippen LogP contribution is 2.39. The third-order valence-corrected chi connectivity index (χ3v) is 6.69. The van der Waals surface area contributed by atoms with Crippen molar-refractivity contribution in [1.29, 1.82) is 0 Å². The van der Waals surface area contributed by atoms with Gasteiger partial charge in [0.1, 0.15) is 6.17 Å². The molecule has 1 saturated heterocycles. The molecule has 1 amide bonds. The average molecular weight is 422 g/mol. The Bertz CT molecular complexity index is 876. The minimum absolute atomic E-state index is 0.0476. The van der Waals surface area contributed by atoms with Gasteiger partial charge in [0.05, 0.1) is 5.54 Å². The van der Waals surface area contributed by atoms with E-state index in [1.54, 1.807) is 0 Å². The van der Waals surface area contributed by atoms with E-state index in [9.17, 15) is 4.79 Å². The Morgan fingerprint density at radius 3 is 2.00 bits per heavy atom. The molecule has 2 aromatic rings. The number of likely N-dealkylation sites (N-methyl/N-ethyl adjacent to an activating group) is 1. The van der Waals surface area contributed by atoms with E-state index in [0.717, 1.165) is 6.42 Å². The summed E-state index contributed by atoms with van der Waals surface area (Å²) in [5.74, 6) is 0.196. The summed E-state index contributed by atoms with van der Waals surface area (Å²) in [4.78, 5) is 20.0. The molecule has 1 aliphatic rings. The standard InChI is InChI=1S/C27H39N3O/c1-19(2)30(20(3)4)24-15-13-23(14-16-24)25-28(8)27(6,7)26(31)29(25)18-17-22-11-9-21(5)10-12-22/h9-16,19-20,25H,17-18H2,1-8H3. The van der Waals surface area contributed by atoms with E-state index in [2.05, 4.69) is 105 Å². The largest absolute Gasteiger partial charge is 0.367 e. The van der Waals surface area contributed by atoms with Crippen LogP contribution in [0.25, 0.3) is 0 Å². The number of aryl methyl sites for hydroxylation is 1. The molecular weight excluding hydrogens is 382 g/mol. The van der Waals surface area contributed by atoms with Gasteiger partial charge in [0.25, 0.3) is 0 Å². The Balaban J connectivity index is 1.87. The summed E-state index contributed by atoms with van der Waals surface area (Å²) in [6.07, 6.45) is 0.812. The van der Waals surface area contributed by atoms with Gasteiger partial charge in [-0.15, -0.1) is 0 Å². The van der Waals surface area contributed by atoms with Gasteiger partial charge < -0.3 is 9.80 Å². The number of benzene rings is 2. The molecule has 168 valence electrons. The molecule has 0 aromatic heterocycles. The molecular formula is C27H39N3O. The Hall–Kier alpha value is -2.33.